The fourth-order valence-electron chi connectivity index (χ4n) is 1.46. The highest BCUT2D eigenvalue weighted by Gasteiger charge is 2.79. The summed E-state index contributed by atoms with van der Waals surface area (Å²) < 4.78 is 180. The van der Waals surface area contributed by atoms with Crippen molar-refractivity contribution in [1.82, 2.24) is 0 Å². The fraction of sp³-hybridized carbons (Fsp3) is 0.417. The first kappa shape index (κ1) is 24.7. The summed E-state index contributed by atoms with van der Waals surface area (Å²) in [5, 5.41) is 0.438. The number of anilines is 1. The van der Waals surface area contributed by atoms with Gasteiger partial charge in [0.2, 0.25) is 0 Å². The van der Waals surface area contributed by atoms with E-state index in [1.165, 1.54) is 0 Å². The Kier molecular flexibility index (Phi) is 6.11. The van der Waals surface area contributed by atoms with Crippen LogP contribution in [0.25, 0.3) is 0 Å². The second-order valence-corrected chi connectivity index (χ2v) is 4.96. The minimum Gasteiger partial charge on any atom is -0.318 e. The van der Waals surface area contributed by atoms with E-state index in [2.05, 4.69) is 0 Å². The molecule has 1 aromatic rings. The molecule has 1 aromatic carbocycles. The summed E-state index contributed by atoms with van der Waals surface area (Å²) in [6, 6.07) is -0.0975. The highest BCUT2D eigenvalue weighted by molar-refractivity contribution is 5.97. The molecule has 1 N–H and O–H groups in total. The van der Waals surface area contributed by atoms with Gasteiger partial charge in [0.25, 0.3) is 5.91 Å². The van der Waals surface area contributed by atoms with Crippen LogP contribution in [0.2, 0.25) is 0 Å². The standard InChI is InChI=1S/C12H3F14NO2/c13-3-1-2-4(6(15)5(3)14)27-7(28)8(16,10(19,20)21)29-12(25,26)9(17,18)11(22,23)24/h1-2H,(H,27,28)/t8-/m1/s1. The summed E-state index contributed by atoms with van der Waals surface area (Å²) in [5.74, 6) is -24.6. The van der Waals surface area contributed by atoms with Crippen LogP contribution in [-0.2, 0) is 9.53 Å². The van der Waals surface area contributed by atoms with Crippen LogP contribution in [0, 0.1) is 17.5 Å². The van der Waals surface area contributed by atoms with E-state index < -0.39 is 59.3 Å². The third-order valence-electron chi connectivity index (χ3n) is 2.93. The second-order valence-electron chi connectivity index (χ2n) is 4.96. The van der Waals surface area contributed by atoms with Crippen molar-refractivity contribution >= 4 is 11.6 Å². The van der Waals surface area contributed by atoms with Gasteiger partial charge in [-0.15, -0.1) is 0 Å². The van der Waals surface area contributed by atoms with Gasteiger partial charge in [-0.1, -0.05) is 0 Å². The van der Waals surface area contributed by atoms with Crippen molar-refractivity contribution in [2.45, 2.75) is 30.2 Å². The van der Waals surface area contributed by atoms with Gasteiger partial charge in [-0.25, -0.2) is 13.2 Å². The normalized spacial score (nSPS) is 15.8. The van der Waals surface area contributed by atoms with E-state index in [-0.39, 0.29) is 12.1 Å². The predicted octanol–water partition coefficient (Wildman–Crippen LogP) is 5.08. The number of amides is 1. The van der Waals surface area contributed by atoms with E-state index in [1.54, 1.807) is 0 Å². The monoisotopic (exact) mass is 459 g/mol. The summed E-state index contributed by atoms with van der Waals surface area (Å²) in [5.41, 5.74) is -1.82. The van der Waals surface area contributed by atoms with Gasteiger partial charge in [0.05, 0.1) is 5.69 Å². The van der Waals surface area contributed by atoms with E-state index in [0.717, 1.165) is 0 Å². The number of halogens is 14. The number of carbonyl (C=O) groups excluding carboxylic acids is 1. The molecular weight excluding hydrogens is 456 g/mol. The molecule has 29 heavy (non-hydrogen) atoms. The second kappa shape index (κ2) is 7.17. The van der Waals surface area contributed by atoms with Gasteiger partial charge < -0.3 is 5.32 Å². The maximum atomic E-state index is 13.9. The minimum absolute atomic E-state index is 0.0468. The first-order valence-electron chi connectivity index (χ1n) is 6.42. The van der Waals surface area contributed by atoms with Crippen LogP contribution in [0.3, 0.4) is 0 Å². The van der Waals surface area contributed by atoms with Crippen LogP contribution < -0.4 is 5.32 Å². The van der Waals surface area contributed by atoms with Gasteiger partial charge in [-0.3, -0.25) is 9.53 Å². The van der Waals surface area contributed by atoms with Crippen molar-refractivity contribution in [3.63, 3.8) is 0 Å². The molecule has 166 valence electrons. The molecule has 1 rings (SSSR count). The maximum Gasteiger partial charge on any atom is 0.462 e. The smallest absolute Gasteiger partial charge is 0.318 e. The van der Waals surface area contributed by atoms with E-state index in [0.29, 0.717) is 5.32 Å². The average molecular weight is 459 g/mol. The molecule has 3 nitrogen and oxygen atoms in total. The summed E-state index contributed by atoms with van der Waals surface area (Å²) in [6.45, 7) is 0. The first-order chi connectivity index (χ1) is 12.7. The number of hydrogen-bond acceptors (Lipinski definition) is 2. The Morgan fingerprint density at radius 3 is 1.66 bits per heavy atom. The molecule has 17 heteroatoms. The van der Waals surface area contributed by atoms with Crippen LogP contribution in [0.4, 0.5) is 67.2 Å². The van der Waals surface area contributed by atoms with Crippen molar-refractivity contribution < 1.29 is 71.0 Å². The Hall–Kier alpha value is -2.33. The molecule has 0 bridgehead atoms. The van der Waals surface area contributed by atoms with Crippen molar-refractivity contribution in [2.24, 2.45) is 0 Å². The third kappa shape index (κ3) is 4.32. The van der Waals surface area contributed by atoms with Gasteiger partial charge in [-0.2, -0.15) is 48.3 Å². The number of alkyl halides is 11. The highest BCUT2D eigenvalue weighted by Crippen LogP contribution is 2.51. The number of ether oxygens (including phenoxy) is 1. The van der Waals surface area contributed by atoms with Gasteiger partial charge in [0, 0.05) is 0 Å². The Morgan fingerprint density at radius 1 is 0.759 bits per heavy atom. The Bertz CT molecular complexity index is 786. The SMILES string of the molecule is O=C(Nc1ccc(F)c(F)c1F)[C@@](F)(OC(F)(F)C(F)(F)C(F)(F)F)C(F)(F)F. The summed E-state index contributed by atoms with van der Waals surface area (Å²) in [6.07, 6.45) is -21.6. The lowest BCUT2D eigenvalue weighted by Gasteiger charge is -2.34. The largest absolute Gasteiger partial charge is 0.462 e. The van der Waals surface area contributed by atoms with Gasteiger partial charge >= 0.3 is 30.2 Å². The molecule has 1 atom stereocenters. The summed E-state index contributed by atoms with van der Waals surface area (Å²) >= 11 is 0. The molecule has 0 saturated carbocycles. The predicted molar refractivity (Wildman–Crippen MR) is 61.9 cm³/mol. The van der Waals surface area contributed by atoms with Crippen molar-refractivity contribution in [3.05, 3.63) is 29.6 Å². The lowest BCUT2D eigenvalue weighted by molar-refractivity contribution is -0.472. The molecular formula is C12H3F14NO2. The minimum atomic E-state index is -7.42. The first-order valence-corrected chi connectivity index (χ1v) is 6.42. The number of benzene rings is 1. The molecule has 0 unspecified atom stereocenters. The molecule has 0 heterocycles. The Morgan fingerprint density at radius 2 is 1.24 bits per heavy atom. The molecule has 0 radical (unpaired) electrons. The Balaban J connectivity index is 3.39. The fourth-order valence-corrected chi connectivity index (χ4v) is 1.46. The van der Waals surface area contributed by atoms with Crippen LogP contribution in [-0.4, -0.2) is 36.1 Å². The molecule has 0 aliphatic rings. The molecule has 1 amide bonds. The van der Waals surface area contributed by atoms with E-state index >= 15 is 0 Å². The number of hydrogen-bond donors (Lipinski definition) is 1. The zero-order valence-electron chi connectivity index (χ0n) is 12.8. The number of nitrogens with one attached hydrogen (secondary N) is 1. The van der Waals surface area contributed by atoms with Crippen LogP contribution in [0.5, 0.6) is 0 Å². The van der Waals surface area contributed by atoms with Crippen LogP contribution >= 0.6 is 0 Å². The zero-order valence-corrected chi connectivity index (χ0v) is 12.8. The van der Waals surface area contributed by atoms with E-state index in [4.69, 9.17) is 0 Å². The van der Waals surface area contributed by atoms with E-state index in [1.807, 2.05) is 4.74 Å². The van der Waals surface area contributed by atoms with Crippen molar-refractivity contribution in [2.75, 3.05) is 5.32 Å². The number of carbonyl (C=O) groups is 1. The topological polar surface area (TPSA) is 38.3 Å². The molecule has 0 fully saturated rings. The molecule has 0 aliphatic carbocycles. The Labute approximate surface area is 149 Å². The molecule has 0 spiro atoms. The molecule has 0 aromatic heterocycles. The van der Waals surface area contributed by atoms with Crippen molar-refractivity contribution in [3.8, 4) is 0 Å². The lowest BCUT2D eigenvalue weighted by Crippen LogP contribution is -2.62. The van der Waals surface area contributed by atoms with Crippen molar-refractivity contribution in [1.29, 1.82) is 0 Å². The van der Waals surface area contributed by atoms with Gasteiger partial charge in [0.15, 0.2) is 17.5 Å². The van der Waals surface area contributed by atoms with Gasteiger partial charge in [-0.05, 0) is 12.1 Å². The summed E-state index contributed by atoms with van der Waals surface area (Å²) in [4.78, 5) is 11.3. The van der Waals surface area contributed by atoms with E-state index in [9.17, 15) is 66.3 Å². The quantitative estimate of drug-likeness (QED) is 0.493. The van der Waals surface area contributed by atoms with Crippen LogP contribution in [0.1, 0.15) is 0 Å². The zero-order chi connectivity index (χ0) is 23.2. The average Bonchev–Trinajstić information content (AvgIpc) is 2.52. The third-order valence-corrected chi connectivity index (χ3v) is 2.93. The molecule has 0 aliphatic heterocycles. The van der Waals surface area contributed by atoms with Crippen LogP contribution in [0.15, 0.2) is 12.1 Å². The summed E-state index contributed by atoms with van der Waals surface area (Å²) in [7, 11) is 0. The molecule has 0 saturated heterocycles. The highest BCUT2D eigenvalue weighted by atomic mass is 19.4. The van der Waals surface area contributed by atoms with Gasteiger partial charge in [0.1, 0.15) is 0 Å². The number of rotatable bonds is 5. The lowest BCUT2D eigenvalue weighted by atomic mass is 10.2. The maximum absolute atomic E-state index is 13.9.